The van der Waals surface area contributed by atoms with Crippen molar-refractivity contribution in [3.05, 3.63) is 17.5 Å². The Labute approximate surface area is 98.2 Å². The lowest BCUT2D eigenvalue weighted by atomic mass is 10.2. The second-order valence-corrected chi connectivity index (χ2v) is 4.58. The van der Waals surface area contributed by atoms with Crippen molar-refractivity contribution in [2.24, 2.45) is 0 Å². The lowest BCUT2D eigenvalue weighted by molar-refractivity contribution is 0.471. The largest absolute Gasteiger partial charge is 0.313 e. The molecule has 4 heteroatoms. The highest BCUT2D eigenvalue weighted by Crippen LogP contribution is 2.00. The molecule has 3 N–H and O–H groups in total. The topological polar surface area (TPSA) is 52.7 Å². The summed E-state index contributed by atoms with van der Waals surface area (Å²) in [6.07, 6.45) is 0.987. The molecule has 0 amide bonds. The van der Waals surface area contributed by atoms with Crippen molar-refractivity contribution in [3.63, 3.8) is 0 Å². The first kappa shape index (κ1) is 13.2. The van der Waals surface area contributed by atoms with E-state index in [9.17, 15) is 0 Å². The highest BCUT2D eigenvalue weighted by Gasteiger charge is 2.04. The van der Waals surface area contributed by atoms with Crippen LogP contribution in [0.3, 0.4) is 0 Å². The quantitative estimate of drug-likeness (QED) is 0.657. The monoisotopic (exact) mass is 224 g/mol. The predicted molar refractivity (Wildman–Crippen MR) is 67.4 cm³/mol. The van der Waals surface area contributed by atoms with E-state index in [4.69, 9.17) is 0 Å². The molecule has 0 aliphatic heterocycles. The maximum Gasteiger partial charge on any atom is 0.0622 e. The maximum atomic E-state index is 4.21. The van der Waals surface area contributed by atoms with E-state index in [-0.39, 0.29) is 0 Å². The van der Waals surface area contributed by atoms with Crippen LogP contribution >= 0.6 is 0 Å². The van der Waals surface area contributed by atoms with E-state index in [0.29, 0.717) is 12.1 Å². The number of H-pyrrole nitrogens is 1. The number of aromatic amines is 1. The van der Waals surface area contributed by atoms with Crippen LogP contribution in [0.1, 0.15) is 39.1 Å². The van der Waals surface area contributed by atoms with Crippen LogP contribution in [0, 0.1) is 0 Å². The van der Waals surface area contributed by atoms with Crippen LogP contribution in [0.25, 0.3) is 0 Å². The number of aryl methyl sites for hydroxylation is 1. The van der Waals surface area contributed by atoms with Crippen LogP contribution in [0.15, 0.2) is 6.07 Å². The molecule has 16 heavy (non-hydrogen) atoms. The summed E-state index contributed by atoms with van der Waals surface area (Å²) in [5.74, 6) is 0. The molecule has 0 spiro atoms. The van der Waals surface area contributed by atoms with Gasteiger partial charge in [-0.2, -0.15) is 5.10 Å². The Morgan fingerprint density at radius 3 is 2.62 bits per heavy atom. The van der Waals surface area contributed by atoms with E-state index in [1.807, 2.05) is 0 Å². The standard InChI is InChI=1S/C12H24N4/c1-5-11-6-12(16-15-11)8-14-10(4)7-13-9(2)3/h6,9-10,13-14H,5,7-8H2,1-4H3,(H,15,16). The third kappa shape index (κ3) is 4.77. The number of hydrogen-bond acceptors (Lipinski definition) is 3. The van der Waals surface area contributed by atoms with Gasteiger partial charge >= 0.3 is 0 Å². The number of nitrogens with one attached hydrogen (secondary N) is 3. The highest BCUT2D eigenvalue weighted by atomic mass is 15.1. The molecular formula is C12H24N4. The zero-order valence-corrected chi connectivity index (χ0v) is 10.8. The van der Waals surface area contributed by atoms with Gasteiger partial charge in [0.05, 0.1) is 5.69 Å². The summed E-state index contributed by atoms with van der Waals surface area (Å²) in [5.41, 5.74) is 2.29. The van der Waals surface area contributed by atoms with E-state index >= 15 is 0 Å². The first-order chi connectivity index (χ1) is 7.61. The fourth-order valence-electron chi connectivity index (χ4n) is 1.45. The van der Waals surface area contributed by atoms with Crippen molar-refractivity contribution >= 4 is 0 Å². The van der Waals surface area contributed by atoms with Crippen molar-refractivity contribution in [1.29, 1.82) is 0 Å². The van der Waals surface area contributed by atoms with E-state index in [1.54, 1.807) is 0 Å². The van der Waals surface area contributed by atoms with Gasteiger partial charge in [-0.1, -0.05) is 20.8 Å². The Morgan fingerprint density at radius 1 is 1.31 bits per heavy atom. The summed E-state index contributed by atoms with van der Waals surface area (Å²) < 4.78 is 0. The predicted octanol–water partition coefficient (Wildman–Crippen LogP) is 1.45. The van der Waals surface area contributed by atoms with Gasteiger partial charge in [-0.3, -0.25) is 5.10 Å². The van der Waals surface area contributed by atoms with Crippen molar-refractivity contribution in [1.82, 2.24) is 20.8 Å². The van der Waals surface area contributed by atoms with Crippen molar-refractivity contribution in [2.45, 2.75) is 52.7 Å². The fraction of sp³-hybridized carbons (Fsp3) is 0.750. The van der Waals surface area contributed by atoms with Crippen LogP contribution in [-0.2, 0) is 13.0 Å². The Bertz CT molecular complexity index is 293. The van der Waals surface area contributed by atoms with E-state index in [0.717, 1.165) is 30.9 Å². The van der Waals surface area contributed by atoms with Crippen molar-refractivity contribution in [2.75, 3.05) is 6.54 Å². The van der Waals surface area contributed by atoms with Gasteiger partial charge in [0.1, 0.15) is 0 Å². The van der Waals surface area contributed by atoms with Crippen LogP contribution in [0.2, 0.25) is 0 Å². The van der Waals surface area contributed by atoms with Gasteiger partial charge < -0.3 is 10.6 Å². The van der Waals surface area contributed by atoms with Gasteiger partial charge in [-0.05, 0) is 19.4 Å². The Balaban J connectivity index is 2.23. The van der Waals surface area contributed by atoms with Crippen molar-refractivity contribution in [3.8, 4) is 0 Å². The molecule has 1 heterocycles. The minimum Gasteiger partial charge on any atom is -0.313 e. The lowest BCUT2D eigenvalue weighted by Crippen LogP contribution is -2.38. The average molecular weight is 224 g/mol. The minimum atomic E-state index is 0.468. The summed E-state index contributed by atoms with van der Waals surface area (Å²) in [6, 6.07) is 3.13. The number of hydrogen-bond donors (Lipinski definition) is 3. The summed E-state index contributed by atoms with van der Waals surface area (Å²) >= 11 is 0. The molecule has 0 aliphatic carbocycles. The normalized spacial score (nSPS) is 13.3. The second-order valence-electron chi connectivity index (χ2n) is 4.58. The lowest BCUT2D eigenvalue weighted by Gasteiger charge is -2.15. The van der Waals surface area contributed by atoms with Crippen molar-refractivity contribution < 1.29 is 0 Å². The Hall–Kier alpha value is -0.870. The molecule has 0 bridgehead atoms. The smallest absolute Gasteiger partial charge is 0.0622 e. The number of aromatic nitrogens is 2. The molecule has 1 unspecified atom stereocenters. The van der Waals surface area contributed by atoms with Gasteiger partial charge in [-0.15, -0.1) is 0 Å². The zero-order chi connectivity index (χ0) is 12.0. The van der Waals surface area contributed by atoms with Gasteiger partial charge in [0, 0.05) is 30.9 Å². The molecule has 0 fully saturated rings. The summed E-state index contributed by atoms with van der Waals surface area (Å²) in [4.78, 5) is 0. The highest BCUT2D eigenvalue weighted by molar-refractivity contribution is 5.08. The molecule has 0 radical (unpaired) electrons. The van der Waals surface area contributed by atoms with Crippen LogP contribution in [0.5, 0.6) is 0 Å². The third-order valence-corrected chi connectivity index (χ3v) is 2.52. The Kier molecular flexibility index (Phi) is 5.49. The molecule has 1 rings (SSSR count). The van der Waals surface area contributed by atoms with Crippen LogP contribution in [-0.4, -0.2) is 28.8 Å². The molecule has 0 saturated heterocycles. The van der Waals surface area contributed by atoms with Gasteiger partial charge in [-0.25, -0.2) is 0 Å². The molecular weight excluding hydrogens is 200 g/mol. The zero-order valence-electron chi connectivity index (χ0n) is 10.8. The molecule has 4 nitrogen and oxygen atoms in total. The summed E-state index contributed by atoms with van der Waals surface area (Å²) in [7, 11) is 0. The molecule has 1 aromatic rings. The first-order valence-corrected chi connectivity index (χ1v) is 6.11. The van der Waals surface area contributed by atoms with E-state index in [2.05, 4.69) is 54.6 Å². The SMILES string of the molecule is CCc1cc(CNC(C)CNC(C)C)[nH]n1. The van der Waals surface area contributed by atoms with Gasteiger partial charge in [0.25, 0.3) is 0 Å². The van der Waals surface area contributed by atoms with E-state index < -0.39 is 0 Å². The fourth-order valence-corrected chi connectivity index (χ4v) is 1.45. The van der Waals surface area contributed by atoms with Gasteiger partial charge in [0.15, 0.2) is 0 Å². The van der Waals surface area contributed by atoms with Gasteiger partial charge in [0.2, 0.25) is 0 Å². The average Bonchev–Trinajstić information content (AvgIpc) is 2.71. The van der Waals surface area contributed by atoms with E-state index in [1.165, 1.54) is 0 Å². The number of nitrogens with zero attached hydrogens (tertiary/aromatic N) is 1. The molecule has 1 aromatic heterocycles. The molecule has 0 aromatic carbocycles. The second kappa shape index (κ2) is 6.66. The third-order valence-electron chi connectivity index (χ3n) is 2.52. The maximum absolute atomic E-state index is 4.21. The van der Waals surface area contributed by atoms with Crippen LogP contribution in [0.4, 0.5) is 0 Å². The number of rotatable bonds is 7. The molecule has 1 atom stereocenters. The summed E-state index contributed by atoms with van der Waals surface area (Å²) in [5, 5.41) is 14.1. The first-order valence-electron chi connectivity index (χ1n) is 6.11. The Morgan fingerprint density at radius 2 is 2.06 bits per heavy atom. The van der Waals surface area contributed by atoms with Crippen LogP contribution < -0.4 is 10.6 Å². The molecule has 0 saturated carbocycles. The summed E-state index contributed by atoms with van der Waals surface area (Å²) in [6.45, 7) is 10.5. The minimum absolute atomic E-state index is 0.468. The molecule has 0 aliphatic rings. The molecule has 92 valence electrons.